The highest BCUT2D eigenvalue weighted by Gasteiger charge is 2.08. The molecule has 0 saturated carbocycles. The molecule has 0 aromatic rings. The van der Waals surface area contributed by atoms with E-state index in [2.05, 4.69) is 9.98 Å². The van der Waals surface area contributed by atoms with Gasteiger partial charge in [0.1, 0.15) is 6.61 Å². The fraction of sp³-hybridized carbons (Fsp3) is 0.903. The van der Waals surface area contributed by atoms with Crippen LogP contribution in [-0.2, 0) is 14.3 Å². The molecule has 212 valence electrons. The van der Waals surface area contributed by atoms with Crippen molar-refractivity contribution < 1.29 is 14.3 Å². The molecule has 0 radical (unpaired) electrons. The molecule has 0 aliphatic heterocycles. The van der Waals surface area contributed by atoms with Gasteiger partial charge in [-0.2, -0.15) is 5.26 Å². The van der Waals surface area contributed by atoms with E-state index in [9.17, 15) is 9.59 Å². The molecular formula is C31H55N3O3. The molecule has 0 fully saturated rings. The summed E-state index contributed by atoms with van der Waals surface area (Å²) in [5, 5.41) is 8.32. The molecule has 0 aliphatic carbocycles. The number of unbranched alkanes of at least 4 members (excludes halogenated alkanes) is 18. The van der Waals surface area contributed by atoms with Gasteiger partial charge in [-0.05, 0) is 31.6 Å². The van der Waals surface area contributed by atoms with Gasteiger partial charge in [0, 0.05) is 0 Å². The normalized spacial score (nSPS) is 11.3. The maximum absolute atomic E-state index is 10.3. The van der Waals surface area contributed by atoms with Crippen LogP contribution in [0.3, 0.4) is 0 Å². The highest BCUT2D eigenvalue weighted by Crippen LogP contribution is 2.23. The largest absolute Gasteiger partial charge is 0.428 e. The second-order valence-corrected chi connectivity index (χ2v) is 10.5. The number of hydrogen-bond acceptors (Lipinski definition) is 6. The van der Waals surface area contributed by atoms with Crippen molar-refractivity contribution in [2.45, 2.75) is 154 Å². The average Bonchev–Trinajstić information content (AvgIpc) is 2.91. The minimum atomic E-state index is 0.579. The van der Waals surface area contributed by atoms with Gasteiger partial charge in [-0.1, -0.05) is 128 Å². The smallest absolute Gasteiger partial charge is 0.286 e. The molecule has 0 aliphatic rings. The van der Waals surface area contributed by atoms with Crippen molar-refractivity contribution in [2.24, 2.45) is 15.9 Å². The Morgan fingerprint density at radius 1 is 0.486 bits per heavy atom. The van der Waals surface area contributed by atoms with E-state index in [4.69, 9.17) is 10.00 Å². The van der Waals surface area contributed by atoms with Crippen molar-refractivity contribution in [3.05, 3.63) is 0 Å². The first-order chi connectivity index (χ1) is 18.3. The average molecular weight is 518 g/mol. The minimum absolute atomic E-state index is 0.579. The molecule has 0 bridgehead atoms. The fourth-order valence-electron chi connectivity index (χ4n) is 5.09. The van der Waals surface area contributed by atoms with E-state index in [1.807, 2.05) is 0 Å². The van der Waals surface area contributed by atoms with Gasteiger partial charge >= 0.3 is 0 Å². The molecule has 0 aromatic carbocycles. The van der Waals surface area contributed by atoms with E-state index in [0.29, 0.717) is 19.7 Å². The minimum Gasteiger partial charge on any atom is -0.428 e. The number of carbonyl (C=O) groups excluding carboxylic acids is 2. The topological polar surface area (TPSA) is 91.9 Å². The summed E-state index contributed by atoms with van der Waals surface area (Å²) in [5.41, 5.74) is 0. The van der Waals surface area contributed by atoms with Crippen molar-refractivity contribution in [3.8, 4) is 6.26 Å². The molecule has 1 unspecified atom stereocenters. The molecular weight excluding hydrogens is 462 g/mol. The number of hydrogen-bond donors (Lipinski definition) is 0. The predicted octanol–water partition coefficient (Wildman–Crippen LogP) is 9.13. The fourth-order valence-corrected chi connectivity index (χ4v) is 5.09. The van der Waals surface area contributed by atoms with E-state index in [-0.39, 0.29) is 0 Å². The van der Waals surface area contributed by atoms with Gasteiger partial charge in [-0.3, -0.25) is 0 Å². The number of nitriles is 1. The number of isocyanates is 2. The third kappa shape index (κ3) is 30.2. The lowest BCUT2D eigenvalue weighted by Crippen LogP contribution is -2.02. The monoisotopic (exact) mass is 517 g/mol. The number of rotatable bonds is 30. The standard InChI is InChI=1S/C31H55N3O3/c32-28-37-27-20-16-12-8-4-2-1-3-5-9-13-17-22-31(24-21-26-34-30-36)23-18-14-10-6-7-11-15-19-25-33-29-35/h31H,1-27H2. The van der Waals surface area contributed by atoms with Crippen molar-refractivity contribution >= 4 is 12.2 Å². The molecule has 0 rings (SSSR count). The number of nitrogens with zero attached hydrogens (tertiary/aromatic N) is 3. The van der Waals surface area contributed by atoms with Crippen molar-refractivity contribution in [3.63, 3.8) is 0 Å². The van der Waals surface area contributed by atoms with Crippen LogP contribution >= 0.6 is 0 Å². The summed E-state index contributed by atoms with van der Waals surface area (Å²) < 4.78 is 4.70. The van der Waals surface area contributed by atoms with Gasteiger partial charge in [-0.15, -0.1) is 0 Å². The first-order valence-electron chi connectivity index (χ1n) is 15.4. The van der Waals surface area contributed by atoms with Crippen LogP contribution in [0.25, 0.3) is 0 Å². The SMILES string of the molecule is N#COCCCCCCCCCCCCCCC(CCCCCCCCCCN=C=O)CCCN=C=O. The van der Waals surface area contributed by atoms with Gasteiger partial charge in [0.2, 0.25) is 12.2 Å². The molecule has 1 atom stereocenters. The van der Waals surface area contributed by atoms with Crippen LogP contribution in [-0.4, -0.2) is 31.9 Å². The van der Waals surface area contributed by atoms with Crippen molar-refractivity contribution in [1.29, 1.82) is 5.26 Å². The Bertz CT molecular complexity index is 607. The Labute approximate surface area is 227 Å². The maximum atomic E-state index is 10.3. The van der Waals surface area contributed by atoms with E-state index in [1.54, 1.807) is 18.4 Å². The molecule has 0 spiro atoms. The van der Waals surface area contributed by atoms with Gasteiger partial charge < -0.3 is 4.74 Å². The summed E-state index contributed by atoms with van der Waals surface area (Å²) in [4.78, 5) is 27.7. The second kappa shape index (κ2) is 32.1. The van der Waals surface area contributed by atoms with E-state index >= 15 is 0 Å². The number of ether oxygens (including phenoxy) is 1. The number of aliphatic imine (C=N–C) groups is 2. The summed E-state index contributed by atoms with van der Waals surface area (Å²) in [6.45, 7) is 1.84. The van der Waals surface area contributed by atoms with E-state index in [1.165, 1.54) is 135 Å². The molecule has 37 heavy (non-hydrogen) atoms. The first-order valence-corrected chi connectivity index (χ1v) is 15.4. The second-order valence-electron chi connectivity index (χ2n) is 10.5. The van der Waals surface area contributed by atoms with Gasteiger partial charge in [0.25, 0.3) is 6.26 Å². The summed E-state index contributed by atoms with van der Waals surface area (Å²) in [6, 6.07) is 0. The zero-order valence-electron chi connectivity index (χ0n) is 23.7. The van der Waals surface area contributed by atoms with Crippen LogP contribution in [0.1, 0.15) is 154 Å². The van der Waals surface area contributed by atoms with Gasteiger partial charge in [0.05, 0.1) is 13.1 Å². The highest BCUT2D eigenvalue weighted by molar-refractivity contribution is 5.32. The Balaban J connectivity index is 3.67. The zero-order valence-corrected chi connectivity index (χ0v) is 23.7. The molecule has 0 heterocycles. The van der Waals surface area contributed by atoms with Crippen LogP contribution in [0.4, 0.5) is 0 Å². The van der Waals surface area contributed by atoms with Crippen LogP contribution in [0.15, 0.2) is 9.98 Å². The summed E-state index contributed by atoms with van der Waals surface area (Å²) in [5.74, 6) is 0.784. The summed E-state index contributed by atoms with van der Waals surface area (Å²) >= 11 is 0. The first kappa shape index (κ1) is 35.0. The van der Waals surface area contributed by atoms with Gasteiger partial charge in [-0.25, -0.2) is 19.6 Å². The predicted molar refractivity (Wildman–Crippen MR) is 152 cm³/mol. The molecule has 6 heteroatoms. The Kier molecular flexibility index (Phi) is 30.4. The van der Waals surface area contributed by atoms with Gasteiger partial charge in [0.15, 0.2) is 0 Å². The quantitative estimate of drug-likeness (QED) is 0.0411. The van der Waals surface area contributed by atoms with Crippen LogP contribution in [0.2, 0.25) is 0 Å². The Hall–Kier alpha value is -1.95. The van der Waals surface area contributed by atoms with E-state index in [0.717, 1.165) is 25.2 Å². The zero-order chi connectivity index (χ0) is 26.9. The maximum Gasteiger partial charge on any atom is 0.286 e. The lowest BCUT2D eigenvalue weighted by atomic mass is 9.90. The lowest BCUT2D eigenvalue weighted by Gasteiger charge is -2.16. The summed E-state index contributed by atoms with van der Waals surface area (Å²) in [6.07, 6.45) is 35.5. The Morgan fingerprint density at radius 2 is 0.838 bits per heavy atom. The molecule has 0 N–H and O–H groups in total. The van der Waals surface area contributed by atoms with Crippen molar-refractivity contribution in [2.75, 3.05) is 19.7 Å². The molecule has 6 nitrogen and oxygen atoms in total. The molecule has 0 saturated heterocycles. The van der Waals surface area contributed by atoms with Crippen LogP contribution in [0, 0.1) is 17.4 Å². The third-order valence-electron chi connectivity index (χ3n) is 7.32. The van der Waals surface area contributed by atoms with Crippen molar-refractivity contribution in [1.82, 2.24) is 0 Å². The van der Waals surface area contributed by atoms with E-state index < -0.39 is 0 Å². The summed E-state index contributed by atoms with van der Waals surface area (Å²) in [7, 11) is 0. The van der Waals surface area contributed by atoms with Crippen LogP contribution in [0.5, 0.6) is 0 Å². The Morgan fingerprint density at radius 3 is 1.27 bits per heavy atom. The third-order valence-corrected chi connectivity index (χ3v) is 7.32. The lowest BCUT2D eigenvalue weighted by molar-refractivity contribution is 0.260. The molecule has 0 amide bonds. The highest BCUT2D eigenvalue weighted by atomic mass is 16.5. The molecule has 0 aromatic heterocycles. The van der Waals surface area contributed by atoms with Crippen LogP contribution < -0.4 is 0 Å².